The van der Waals surface area contributed by atoms with Crippen molar-refractivity contribution in [1.29, 1.82) is 5.26 Å². The average Bonchev–Trinajstić information content (AvgIpc) is 2.61. The lowest BCUT2D eigenvalue weighted by Gasteiger charge is -2.12. The number of thioether (sulfide) groups is 1. The quantitative estimate of drug-likeness (QED) is 0.378. The Balaban J connectivity index is 2.55. The highest BCUT2D eigenvalue weighted by Gasteiger charge is 2.17. The summed E-state index contributed by atoms with van der Waals surface area (Å²) in [5.41, 5.74) is 0.160. The summed E-state index contributed by atoms with van der Waals surface area (Å²) in [4.78, 5) is 30.7. The van der Waals surface area contributed by atoms with Gasteiger partial charge in [-0.1, -0.05) is 25.6 Å². The Hall–Kier alpha value is -2.79. The second-order valence-corrected chi connectivity index (χ2v) is 6.15. The molecule has 0 amide bonds. The number of nitrogens with one attached hydrogen (secondary N) is 1. The molecule has 130 valence electrons. The van der Waals surface area contributed by atoms with Crippen LogP contribution >= 0.6 is 11.8 Å². The van der Waals surface area contributed by atoms with Crippen LogP contribution in [-0.4, -0.2) is 29.3 Å². The Labute approximate surface area is 149 Å². The lowest BCUT2D eigenvalue weighted by molar-refractivity contribution is -0.137. The fraction of sp³-hybridized carbons (Fsp3) is 0.294. The Kier molecular flexibility index (Phi) is 5.83. The molecule has 0 spiro atoms. The van der Waals surface area contributed by atoms with Gasteiger partial charge >= 0.3 is 5.97 Å². The third kappa shape index (κ3) is 4.00. The molecule has 0 saturated heterocycles. The molecule has 0 unspecified atom stereocenters. The monoisotopic (exact) mass is 359 g/mol. The summed E-state index contributed by atoms with van der Waals surface area (Å²) < 4.78 is 10.6. The standard InChI is InChI=1S/C17H17N3O4S/c1-9(2)16(22)24-12-6-5-10(7-13(12)23-3)14-11(8-18)15(21)20-17(19-14)25-4/h5-7,9H,1-4H3,(H,19,20,21). The molecule has 0 saturated carbocycles. The van der Waals surface area contributed by atoms with Crippen LogP contribution in [-0.2, 0) is 4.79 Å². The van der Waals surface area contributed by atoms with Gasteiger partial charge in [-0.05, 0) is 24.5 Å². The molecule has 1 aromatic carbocycles. The molecule has 2 aromatic rings. The number of carbonyl (C=O) groups excluding carboxylic acids is 1. The van der Waals surface area contributed by atoms with E-state index in [-0.39, 0.29) is 28.9 Å². The van der Waals surface area contributed by atoms with E-state index in [0.717, 1.165) is 0 Å². The molecule has 25 heavy (non-hydrogen) atoms. The average molecular weight is 359 g/mol. The van der Waals surface area contributed by atoms with Crippen LogP contribution in [0.25, 0.3) is 11.3 Å². The molecule has 0 aliphatic heterocycles. The van der Waals surface area contributed by atoms with Gasteiger partial charge < -0.3 is 14.5 Å². The number of hydrogen-bond acceptors (Lipinski definition) is 7. The topological polar surface area (TPSA) is 105 Å². The van der Waals surface area contributed by atoms with Crippen molar-refractivity contribution in [1.82, 2.24) is 9.97 Å². The zero-order chi connectivity index (χ0) is 18.6. The van der Waals surface area contributed by atoms with Gasteiger partial charge in [-0.25, -0.2) is 4.98 Å². The van der Waals surface area contributed by atoms with Crippen molar-refractivity contribution in [2.75, 3.05) is 13.4 Å². The van der Waals surface area contributed by atoms with Gasteiger partial charge in [0.2, 0.25) is 0 Å². The number of H-pyrrole nitrogens is 1. The molecule has 1 N–H and O–H groups in total. The molecule has 0 bridgehead atoms. The number of nitrogens with zero attached hydrogens (tertiary/aromatic N) is 2. The van der Waals surface area contributed by atoms with E-state index in [1.54, 1.807) is 38.3 Å². The van der Waals surface area contributed by atoms with E-state index in [2.05, 4.69) is 9.97 Å². The molecule has 0 aliphatic carbocycles. The molecule has 0 radical (unpaired) electrons. The van der Waals surface area contributed by atoms with Crippen LogP contribution in [0, 0.1) is 17.2 Å². The van der Waals surface area contributed by atoms with Crippen molar-refractivity contribution in [3.63, 3.8) is 0 Å². The molecular formula is C17H17N3O4S. The second kappa shape index (κ2) is 7.85. The van der Waals surface area contributed by atoms with Gasteiger partial charge in [-0.3, -0.25) is 9.59 Å². The van der Waals surface area contributed by atoms with E-state index >= 15 is 0 Å². The number of carbonyl (C=O) groups is 1. The first kappa shape index (κ1) is 18.5. The van der Waals surface area contributed by atoms with Gasteiger partial charge in [-0.15, -0.1) is 0 Å². The van der Waals surface area contributed by atoms with Crippen LogP contribution in [0.3, 0.4) is 0 Å². The number of aromatic nitrogens is 2. The molecule has 1 heterocycles. The smallest absolute Gasteiger partial charge is 0.313 e. The first-order valence-corrected chi connectivity index (χ1v) is 8.62. The minimum Gasteiger partial charge on any atom is -0.493 e. The van der Waals surface area contributed by atoms with Gasteiger partial charge in [-0.2, -0.15) is 5.26 Å². The number of aromatic amines is 1. The van der Waals surface area contributed by atoms with Crippen molar-refractivity contribution >= 4 is 17.7 Å². The van der Waals surface area contributed by atoms with E-state index in [4.69, 9.17) is 9.47 Å². The summed E-state index contributed by atoms with van der Waals surface area (Å²) in [7, 11) is 1.44. The maximum atomic E-state index is 12.0. The van der Waals surface area contributed by atoms with E-state index in [1.165, 1.54) is 18.9 Å². The van der Waals surface area contributed by atoms with Crippen molar-refractivity contribution in [2.24, 2.45) is 5.92 Å². The number of nitriles is 1. The normalized spacial score (nSPS) is 10.4. The van der Waals surface area contributed by atoms with E-state index < -0.39 is 5.56 Å². The second-order valence-electron chi connectivity index (χ2n) is 5.35. The SMILES string of the molecule is COc1cc(-c2nc(SC)[nH]c(=O)c2C#N)ccc1OC(=O)C(C)C. The molecule has 1 aromatic heterocycles. The van der Waals surface area contributed by atoms with Crippen molar-refractivity contribution < 1.29 is 14.3 Å². The Morgan fingerprint density at radius 1 is 1.36 bits per heavy atom. The molecule has 0 fully saturated rings. The number of methoxy groups -OCH3 is 1. The zero-order valence-electron chi connectivity index (χ0n) is 14.2. The highest BCUT2D eigenvalue weighted by atomic mass is 32.2. The van der Waals surface area contributed by atoms with Crippen LogP contribution < -0.4 is 15.0 Å². The number of esters is 1. The van der Waals surface area contributed by atoms with Crippen LogP contribution in [0.1, 0.15) is 19.4 Å². The number of ether oxygens (including phenoxy) is 2. The number of rotatable bonds is 5. The fourth-order valence-electron chi connectivity index (χ4n) is 1.99. The fourth-order valence-corrected chi connectivity index (χ4v) is 2.36. The predicted molar refractivity (Wildman–Crippen MR) is 93.8 cm³/mol. The number of hydrogen-bond donors (Lipinski definition) is 1. The van der Waals surface area contributed by atoms with Gasteiger partial charge in [0.25, 0.3) is 5.56 Å². The summed E-state index contributed by atoms with van der Waals surface area (Å²) in [5, 5.41) is 9.66. The Morgan fingerprint density at radius 3 is 2.64 bits per heavy atom. The van der Waals surface area contributed by atoms with Gasteiger partial charge in [0.15, 0.2) is 16.7 Å². The van der Waals surface area contributed by atoms with Gasteiger partial charge in [0.05, 0.1) is 18.7 Å². The minimum atomic E-state index is -0.508. The van der Waals surface area contributed by atoms with Crippen LogP contribution in [0.5, 0.6) is 11.5 Å². The molecule has 7 nitrogen and oxygen atoms in total. The zero-order valence-corrected chi connectivity index (χ0v) is 15.1. The molecule has 8 heteroatoms. The highest BCUT2D eigenvalue weighted by molar-refractivity contribution is 7.98. The van der Waals surface area contributed by atoms with Crippen molar-refractivity contribution in [2.45, 2.75) is 19.0 Å². The summed E-state index contributed by atoms with van der Waals surface area (Å²) in [6.45, 7) is 3.46. The van der Waals surface area contributed by atoms with Crippen molar-refractivity contribution in [3.05, 3.63) is 34.1 Å². The van der Waals surface area contributed by atoms with Crippen LogP contribution in [0.15, 0.2) is 28.2 Å². The molecule has 0 aliphatic rings. The first-order chi connectivity index (χ1) is 11.9. The van der Waals surface area contributed by atoms with Gasteiger partial charge in [0.1, 0.15) is 11.6 Å². The van der Waals surface area contributed by atoms with Gasteiger partial charge in [0, 0.05) is 5.56 Å². The summed E-state index contributed by atoms with van der Waals surface area (Å²) in [6, 6.07) is 6.63. The van der Waals surface area contributed by atoms with Crippen molar-refractivity contribution in [3.8, 4) is 28.8 Å². The summed E-state index contributed by atoms with van der Waals surface area (Å²) in [5.74, 6) is -0.0997. The first-order valence-electron chi connectivity index (χ1n) is 7.39. The minimum absolute atomic E-state index is 0.0909. The lowest BCUT2D eigenvalue weighted by atomic mass is 10.1. The van der Waals surface area contributed by atoms with E-state index in [0.29, 0.717) is 16.5 Å². The van der Waals surface area contributed by atoms with Crippen LogP contribution in [0.4, 0.5) is 0 Å². The van der Waals surface area contributed by atoms with E-state index in [1.807, 2.05) is 6.07 Å². The summed E-state index contributed by atoms with van der Waals surface area (Å²) in [6.07, 6.45) is 1.77. The molecule has 0 atom stereocenters. The van der Waals surface area contributed by atoms with Crippen LogP contribution in [0.2, 0.25) is 0 Å². The third-order valence-corrected chi connectivity index (χ3v) is 3.90. The Morgan fingerprint density at radius 2 is 2.08 bits per heavy atom. The summed E-state index contributed by atoms with van der Waals surface area (Å²) >= 11 is 1.26. The largest absolute Gasteiger partial charge is 0.493 e. The van der Waals surface area contributed by atoms with E-state index in [9.17, 15) is 14.9 Å². The third-order valence-electron chi connectivity index (χ3n) is 3.32. The highest BCUT2D eigenvalue weighted by Crippen LogP contribution is 2.33. The maximum absolute atomic E-state index is 12.0. The predicted octanol–water partition coefficient (Wildman–Crippen LogP) is 2.60. The molecular weight excluding hydrogens is 342 g/mol. The molecule has 2 rings (SSSR count). The maximum Gasteiger partial charge on any atom is 0.313 e. The number of benzene rings is 1. The Bertz CT molecular complexity index is 900. The lowest BCUT2D eigenvalue weighted by Crippen LogP contribution is -2.16.